The van der Waals surface area contributed by atoms with E-state index in [1.807, 2.05) is 24.3 Å². The van der Waals surface area contributed by atoms with Crippen molar-refractivity contribution in [1.82, 2.24) is 0 Å². The maximum atomic E-state index is 5.13. The number of halogens is 1. The van der Waals surface area contributed by atoms with Gasteiger partial charge in [0.15, 0.2) is 0 Å². The Morgan fingerprint density at radius 1 is 1.38 bits per heavy atom. The third-order valence-electron chi connectivity index (χ3n) is 1.38. The lowest BCUT2D eigenvalue weighted by molar-refractivity contribution is 1.44. The van der Waals surface area contributed by atoms with Crippen LogP contribution in [0, 0.1) is 0 Å². The molecule has 13 heavy (non-hydrogen) atoms. The fourth-order valence-electron chi connectivity index (χ4n) is 0.839. The second-order valence-corrected chi connectivity index (χ2v) is 3.33. The Morgan fingerprint density at radius 2 is 2.00 bits per heavy atom. The molecule has 0 amide bonds. The topological polar surface area (TPSA) is 50.7 Å². The summed E-state index contributed by atoms with van der Waals surface area (Å²) in [7, 11) is 0. The summed E-state index contributed by atoms with van der Waals surface area (Å²) >= 11 is 3.34. The van der Waals surface area contributed by atoms with Gasteiger partial charge in [-0.05, 0) is 31.2 Å². The molecular weight excluding hydrogens is 230 g/mol. The molecule has 0 aliphatic rings. The second kappa shape index (κ2) is 4.77. The minimum Gasteiger partial charge on any atom is -0.390 e. The van der Waals surface area contributed by atoms with Gasteiger partial charge < -0.3 is 5.73 Å². The minimum atomic E-state index is 0.643. The van der Waals surface area contributed by atoms with E-state index in [1.54, 1.807) is 6.92 Å². The van der Waals surface area contributed by atoms with Crippen molar-refractivity contribution >= 4 is 33.8 Å². The summed E-state index contributed by atoms with van der Waals surface area (Å²) in [6, 6.07) is 7.66. The van der Waals surface area contributed by atoms with Gasteiger partial charge in [0.2, 0.25) is 0 Å². The number of aliphatic imine (C=N–C) groups is 2. The zero-order valence-electron chi connectivity index (χ0n) is 7.24. The van der Waals surface area contributed by atoms with E-state index < -0.39 is 0 Å². The average molecular weight is 240 g/mol. The van der Waals surface area contributed by atoms with Crippen LogP contribution in [0.3, 0.4) is 0 Å². The smallest absolute Gasteiger partial charge is 0.127 e. The molecule has 3 nitrogen and oxygen atoms in total. The van der Waals surface area contributed by atoms with Crippen molar-refractivity contribution in [3.05, 3.63) is 28.7 Å². The van der Waals surface area contributed by atoms with E-state index in [0.717, 1.165) is 10.2 Å². The van der Waals surface area contributed by atoms with Crippen molar-refractivity contribution in [2.75, 3.05) is 0 Å². The zero-order valence-corrected chi connectivity index (χ0v) is 8.82. The number of amidine groups is 1. The molecule has 2 N–H and O–H groups in total. The fourth-order valence-corrected chi connectivity index (χ4v) is 1.10. The van der Waals surface area contributed by atoms with Crippen molar-refractivity contribution in [2.24, 2.45) is 15.7 Å². The molecule has 0 unspecified atom stereocenters. The molecule has 1 aromatic rings. The van der Waals surface area contributed by atoms with E-state index in [9.17, 15) is 0 Å². The van der Waals surface area contributed by atoms with Crippen molar-refractivity contribution in [1.29, 1.82) is 0 Å². The highest BCUT2D eigenvalue weighted by Crippen LogP contribution is 2.16. The largest absolute Gasteiger partial charge is 0.390 e. The van der Waals surface area contributed by atoms with Crippen molar-refractivity contribution in [3.63, 3.8) is 0 Å². The number of nitrogens with zero attached hydrogens (tertiary/aromatic N) is 2. The van der Waals surface area contributed by atoms with E-state index in [4.69, 9.17) is 5.73 Å². The number of benzene rings is 1. The van der Waals surface area contributed by atoms with Crippen LogP contribution >= 0.6 is 15.9 Å². The molecule has 4 heteroatoms. The molecule has 0 atom stereocenters. The maximum absolute atomic E-state index is 5.13. The van der Waals surface area contributed by atoms with Gasteiger partial charge in [-0.25, -0.2) is 9.98 Å². The minimum absolute atomic E-state index is 0.643. The summed E-state index contributed by atoms with van der Waals surface area (Å²) in [5, 5.41) is 0. The summed E-state index contributed by atoms with van der Waals surface area (Å²) < 4.78 is 1.03. The predicted molar refractivity (Wildman–Crippen MR) is 59.6 cm³/mol. The second-order valence-electron chi connectivity index (χ2n) is 2.41. The molecule has 0 aliphatic heterocycles. The van der Waals surface area contributed by atoms with Crippen molar-refractivity contribution in [2.45, 2.75) is 6.92 Å². The highest BCUT2D eigenvalue weighted by molar-refractivity contribution is 9.10. The molecule has 68 valence electrons. The van der Waals surface area contributed by atoms with Crippen LogP contribution < -0.4 is 5.73 Å². The fraction of sp³-hybridized carbons (Fsp3) is 0.111. The first-order valence-electron chi connectivity index (χ1n) is 3.77. The SMILES string of the molecule is CC(N=CN)=Nc1ccc(Br)cc1. The summed E-state index contributed by atoms with van der Waals surface area (Å²) in [6.07, 6.45) is 1.23. The quantitative estimate of drug-likeness (QED) is 0.595. The third kappa shape index (κ3) is 3.38. The third-order valence-corrected chi connectivity index (χ3v) is 1.91. The van der Waals surface area contributed by atoms with E-state index >= 15 is 0 Å². The summed E-state index contributed by atoms with van der Waals surface area (Å²) in [6.45, 7) is 1.80. The standard InChI is InChI=1S/C9H10BrN3/c1-7(12-6-11)13-9-4-2-8(10)3-5-9/h2-6H,1H3,(H2,11,12,13). The Bertz CT molecular complexity index is 327. The van der Waals surface area contributed by atoms with Gasteiger partial charge in [0, 0.05) is 4.47 Å². The van der Waals surface area contributed by atoms with Gasteiger partial charge in [0.1, 0.15) is 5.84 Å². The van der Waals surface area contributed by atoms with Gasteiger partial charge in [0.25, 0.3) is 0 Å². The van der Waals surface area contributed by atoms with Gasteiger partial charge in [-0.3, -0.25) is 0 Å². The molecule has 0 saturated carbocycles. The first kappa shape index (κ1) is 9.92. The lowest BCUT2D eigenvalue weighted by Crippen LogP contribution is -1.93. The first-order chi connectivity index (χ1) is 6.22. The highest BCUT2D eigenvalue weighted by Gasteiger charge is 1.90. The zero-order chi connectivity index (χ0) is 9.68. The molecule has 0 spiro atoms. The maximum Gasteiger partial charge on any atom is 0.127 e. The van der Waals surface area contributed by atoms with Crippen molar-refractivity contribution in [3.8, 4) is 0 Å². The van der Waals surface area contributed by atoms with Crippen LogP contribution in [0.1, 0.15) is 6.92 Å². The van der Waals surface area contributed by atoms with Gasteiger partial charge in [-0.15, -0.1) is 0 Å². The molecule has 0 radical (unpaired) electrons. The van der Waals surface area contributed by atoms with E-state index in [0.29, 0.717) is 5.84 Å². The normalized spacial score (nSPS) is 12.3. The molecule has 0 aliphatic carbocycles. The van der Waals surface area contributed by atoms with Crippen LogP contribution in [0.5, 0.6) is 0 Å². The Kier molecular flexibility index (Phi) is 3.64. The highest BCUT2D eigenvalue weighted by atomic mass is 79.9. The molecular formula is C9H10BrN3. The van der Waals surface area contributed by atoms with Gasteiger partial charge in [-0.2, -0.15) is 0 Å². The van der Waals surface area contributed by atoms with Crippen LogP contribution in [0.2, 0.25) is 0 Å². The van der Waals surface area contributed by atoms with Crippen LogP contribution in [0.4, 0.5) is 5.69 Å². The summed E-state index contributed by atoms with van der Waals surface area (Å²) in [5.74, 6) is 0.643. The molecule has 0 aromatic heterocycles. The molecule has 0 saturated heterocycles. The lowest BCUT2D eigenvalue weighted by Gasteiger charge is -1.94. The molecule has 0 heterocycles. The van der Waals surface area contributed by atoms with Crippen LogP contribution in [-0.4, -0.2) is 12.2 Å². The predicted octanol–water partition coefficient (Wildman–Crippen LogP) is 2.49. The van der Waals surface area contributed by atoms with E-state index in [1.165, 1.54) is 6.34 Å². The average Bonchev–Trinajstić information content (AvgIpc) is 2.09. The monoisotopic (exact) mass is 239 g/mol. The first-order valence-corrected chi connectivity index (χ1v) is 4.57. The van der Waals surface area contributed by atoms with Crippen molar-refractivity contribution < 1.29 is 0 Å². The van der Waals surface area contributed by atoms with Gasteiger partial charge in [-0.1, -0.05) is 15.9 Å². The van der Waals surface area contributed by atoms with E-state index in [2.05, 4.69) is 25.9 Å². The Balaban J connectivity index is 2.85. The Hall–Kier alpha value is -1.16. The molecule has 0 fully saturated rings. The van der Waals surface area contributed by atoms with Crippen LogP contribution in [0.25, 0.3) is 0 Å². The number of hydrogen-bond acceptors (Lipinski definition) is 1. The van der Waals surface area contributed by atoms with Gasteiger partial charge >= 0.3 is 0 Å². The molecule has 0 bridgehead atoms. The lowest BCUT2D eigenvalue weighted by atomic mass is 10.3. The number of nitrogens with two attached hydrogens (primary N) is 1. The van der Waals surface area contributed by atoms with Gasteiger partial charge in [0.05, 0.1) is 12.0 Å². The summed E-state index contributed by atoms with van der Waals surface area (Å²) in [4.78, 5) is 8.04. The Labute approximate surface area is 85.5 Å². The summed E-state index contributed by atoms with van der Waals surface area (Å²) in [5.41, 5.74) is 5.99. The molecule has 1 aromatic carbocycles. The van der Waals surface area contributed by atoms with Crippen LogP contribution in [0.15, 0.2) is 38.7 Å². The van der Waals surface area contributed by atoms with Crippen LogP contribution in [-0.2, 0) is 0 Å². The number of hydrogen-bond donors (Lipinski definition) is 1. The van der Waals surface area contributed by atoms with E-state index in [-0.39, 0.29) is 0 Å². The molecule has 1 rings (SSSR count). The Morgan fingerprint density at radius 3 is 2.54 bits per heavy atom. The number of rotatable bonds is 1.